The van der Waals surface area contributed by atoms with Crippen molar-refractivity contribution in [3.05, 3.63) is 33.9 Å². The van der Waals surface area contributed by atoms with E-state index in [9.17, 15) is 19.7 Å². The summed E-state index contributed by atoms with van der Waals surface area (Å²) in [6, 6.07) is 4.33. The standard InChI is InChI=1S/C15H14N2O5/c1-7-6-8(2-3-9(7)17(20)21)16-14(18)12-10-4-5-11(22-10)13(12)15(16)19/h2-3,6,10-13H,4-5H2,1H3/t10-,11-,12+,13+/m1/s1. The molecule has 0 aromatic heterocycles. The van der Waals surface area contributed by atoms with Gasteiger partial charge < -0.3 is 4.74 Å². The van der Waals surface area contributed by atoms with E-state index in [1.54, 1.807) is 6.92 Å². The van der Waals surface area contributed by atoms with Crippen LogP contribution in [0.5, 0.6) is 0 Å². The summed E-state index contributed by atoms with van der Waals surface area (Å²) < 4.78 is 5.68. The van der Waals surface area contributed by atoms with Crippen molar-refractivity contribution in [2.24, 2.45) is 11.8 Å². The number of fused-ring (bicyclic) bond motifs is 5. The number of carbonyl (C=O) groups excluding carboxylic acids is 2. The smallest absolute Gasteiger partial charge is 0.272 e. The topological polar surface area (TPSA) is 89.8 Å². The van der Waals surface area contributed by atoms with E-state index in [1.807, 2.05) is 0 Å². The van der Waals surface area contributed by atoms with Gasteiger partial charge in [-0.15, -0.1) is 0 Å². The molecule has 4 atom stereocenters. The van der Waals surface area contributed by atoms with E-state index in [0.717, 1.165) is 12.8 Å². The first-order valence-corrected chi connectivity index (χ1v) is 7.27. The molecule has 0 saturated carbocycles. The first-order valence-electron chi connectivity index (χ1n) is 7.27. The minimum Gasteiger partial charge on any atom is -0.373 e. The van der Waals surface area contributed by atoms with Gasteiger partial charge in [0.1, 0.15) is 0 Å². The average molecular weight is 302 g/mol. The van der Waals surface area contributed by atoms with Gasteiger partial charge in [-0.05, 0) is 31.9 Å². The van der Waals surface area contributed by atoms with Crippen LogP contribution in [0, 0.1) is 28.9 Å². The highest BCUT2D eigenvalue weighted by molar-refractivity contribution is 6.22. The van der Waals surface area contributed by atoms with Crippen molar-refractivity contribution in [2.45, 2.75) is 32.0 Å². The second-order valence-electron chi connectivity index (χ2n) is 6.08. The van der Waals surface area contributed by atoms with E-state index in [1.165, 1.54) is 23.1 Å². The van der Waals surface area contributed by atoms with E-state index >= 15 is 0 Å². The zero-order valence-corrected chi connectivity index (χ0v) is 11.9. The van der Waals surface area contributed by atoms with Crippen LogP contribution in [0.25, 0.3) is 0 Å². The van der Waals surface area contributed by atoms with Crippen LogP contribution in [0.1, 0.15) is 18.4 Å². The molecule has 3 aliphatic heterocycles. The first kappa shape index (κ1) is 13.4. The molecular formula is C15H14N2O5. The van der Waals surface area contributed by atoms with Crippen LogP contribution >= 0.6 is 0 Å². The van der Waals surface area contributed by atoms with E-state index in [4.69, 9.17) is 4.74 Å². The van der Waals surface area contributed by atoms with Crippen LogP contribution in [0.2, 0.25) is 0 Å². The molecule has 3 heterocycles. The number of imide groups is 1. The number of hydrogen-bond donors (Lipinski definition) is 0. The lowest BCUT2D eigenvalue weighted by Crippen LogP contribution is -2.34. The molecule has 0 spiro atoms. The summed E-state index contributed by atoms with van der Waals surface area (Å²) in [5.74, 6) is -1.26. The van der Waals surface area contributed by atoms with E-state index < -0.39 is 4.92 Å². The molecule has 3 fully saturated rings. The highest BCUT2D eigenvalue weighted by Gasteiger charge is 2.62. The van der Waals surface area contributed by atoms with Crippen LogP contribution in [0.15, 0.2) is 18.2 Å². The third-order valence-electron chi connectivity index (χ3n) is 4.92. The highest BCUT2D eigenvalue weighted by atomic mass is 16.6. The van der Waals surface area contributed by atoms with Gasteiger partial charge in [-0.25, -0.2) is 4.90 Å². The molecule has 0 N–H and O–H groups in total. The zero-order chi connectivity index (χ0) is 15.6. The molecule has 114 valence electrons. The number of aryl methyl sites for hydroxylation is 1. The summed E-state index contributed by atoms with van der Waals surface area (Å²) in [5.41, 5.74) is 0.817. The predicted octanol–water partition coefficient (Wildman–Crippen LogP) is 1.57. The van der Waals surface area contributed by atoms with Crippen LogP contribution in [-0.4, -0.2) is 28.9 Å². The average Bonchev–Trinajstić information content (AvgIpc) is 3.12. The number of benzene rings is 1. The Kier molecular flexibility index (Phi) is 2.65. The number of nitro benzene ring substituents is 1. The fraction of sp³-hybridized carbons (Fsp3) is 0.467. The van der Waals surface area contributed by atoms with E-state index in [-0.39, 0.29) is 41.5 Å². The van der Waals surface area contributed by atoms with Gasteiger partial charge in [0.25, 0.3) is 5.69 Å². The predicted molar refractivity (Wildman–Crippen MR) is 75.2 cm³/mol. The number of amides is 2. The van der Waals surface area contributed by atoms with Crippen molar-refractivity contribution < 1.29 is 19.2 Å². The Balaban J connectivity index is 1.72. The number of nitrogens with zero attached hydrogens (tertiary/aromatic N) is 2. The molecule has 4 rings (SSSR count). The molecular weight excluding hydrogens is 288 g/mol. The summed E-state index contributed by atoms with van der Waals surface area (Å²) >= 11 is 0. The minimum absolute atomic E-state index is 0.0218. The van der Waals surface area contributed by atoms with Crippen molar-refractivity contribution in [3.8, 4) is 0 Å². The molecule has 22 heavy (non-hydrogen) atoms. The lowest BCUT2D eigenvalue weighted by Gasteiger charge is -2.17. The van der Waals surface area contributed by atoms with Gasteiger partial charge in [-0.3, -0.25) is 19.7 Å². The molecule has 7 nitrogen and oxygen atoms in total. The van der Waals surface area contributed by atoms with Gasteiger partial charge in [-0.1, -0.05) is 0 Å². The molecule has 1 aromatic rings. The van der Waals surface area contributed by atoms with Crippen molar-refractivity contribution in [3.63, 3.8) is 0 Å². The molecule has 0 radical (unpaired) electrons. The summed E-state index contributed by atoms with van der Waals surface area (Å²) in [6.45, 7) is 1.60. The Morgan fingerprint density at radius 3 is 2.27 bits per heavy atom. The molecule has 0 aliphatic carbocycles. The molecule has 2 bridgehead atoms. The summed E-state index contributed by atoms with van der Waals surface area (Å²) in [4.78, 5) is 36.8. The number of rotatable bonds is 2. The number of anilines is 1. The van der Waals surface area contributed by atoms with Gasteiger partial charge >= 0.3 is 0 Å². The summed E-state index contributed by atoms with van der Waals surface area (Å²) in [5, 5.41) is 10.9. The number of ether oxygens (including phenoxy) is 1. The second kappa shape index (κ2) is 4.36. The molecule has 0 unspecified atom stereocenters. The Bertz CT molecular complexity index is 688. The fourth-order valence-electron chi connectivity index (χ4n) is 3.95. The Morgan fingerprint density at radius 1 is 1.18 bits per heavy atom. The maximum absolute atomic E-state index is 12.6. The van der Waals surface area contributed by atoms with E-state index in [2.05, 4.69) is 0 Å². The molecule has 1 aromatic carbocycles. The van der Waals surface area contributed by atoms with Crippen LogP contribution in [0.3, 0.4) is 0 Å². The molecule has 2 amide bonds. The van der Waals surface area contributed by atoms with Crippen molar-refractivity contribution in [1.29, 1.82) is 0 Å². The van der Waals surface area contributed by atoms with Gasteiger partial charge in [-0.2, -0.15) is 0 Å². The van der Waals surface area contributed by atoms with Crippen LogP contribution < -0.4 is 4.90 Å². The molecule has 7 heteroatoms. The highest BCUT2D eigenvalue weighted by Crippen LogP contribution is 2.49. The Hall–Kier alpha value is -2.28. The fourth-order valence-corrected chi connectivity index (χ4v) is 3.95. The summed E-state index contributed by atoms with van der Waals surface area (Å²) in [7, 11) is 0. The quantitative estimate of drug-likeness (QED) is 0.470. The molecule has 3 aliphatic rings. The van der Waals surface area contributed by atoms with Crippen LogP contribution in [0.4, 0.5) is 11.4 Å². The van der Waals surface area contributed by atoms with Crippen molar-refractivity contribution in [1.82, 2.24) is 0 Å². The Labute approximate surface area is 126 Å². The van der Waals surface area contributed by atoms with Gasteiger partial charge in [0.05, 0.1) is 34.7 Å². The zero-order valence-electron chi connectivity index (χ0n) is 11.9. The second-order valence-corrected chi connectivity index (χ2v) is 6.08. The van der Waals surface area contributed by atoms with Crippen LogP contribution in [-0.2, 0) is 14.3 Å². The third kappa shape index (κ3) is 1.60. The minimum atomic E-state index is -0.477. The molecule has 3 saturated heterocycles. The largest absolute Gasteiger partial charge is 0.373 e. The maximum atomic E-state index is 12.6. The van der Waals surface area contributed by atoms with Gasteiger partial charge in [0.2, 0.25) is 11.8 Å². The van der Waals surface area contributed by atoms with Gasteiger partial charge in [0.15, 0.2) is 0 Å². The van der Waals surface area contributed by atoms with Crippen molar-refractivity contribution >= 4 is 23.2 Å². The lowest BCUT2D eigenvalue weighted by atomic mass is 9.81. The van der Waals surface area contributed by atoms with Crippen molar-refractivity contribution in [2.75, 3.05) is 4.90 Å². The number of nitro groups is 1. The maximum Gasteiger partial charge on any atom is 0.272 e. The van der Waals surface area contributed by atoms with Gasteiger partial charge in [0, 0.05) is 11.6 Å². The number of carbonyl (C=O) groups is 2. The normalized spacial score (nSPS) is 32.7. The summed E-state index contributed by atoms with van der Waals surface area (Å²) in [6.07, 6.45) is 1.32. The lowest BCUT2D eigenvalue weighted by molar-refractivity contribution is -0.385. The third-order valence-corrected chi connectivity index (χ3v) is 4.92. The number of hydrogen-bond acceptors (Lipinski definition) is 5. The van der Waals surface area contributed by atoms with E-state index in [0.29, 0.717) is 11.3 Å². The Morgan fingerprint density at radius 2 is 1.77 bits per heavy atom. The monoisotopic (exact) mass is 302 g/mol. The SMILES string of the molecule is Cc1cc(N2C(=O)[C@@H]3[C@@H](C2=O)[C@H]2CC[C@H]3O2)ccc1[N+](=O)[O-]. The first-order chi connectivity index (χ1) is 10.5.